The number of fused-ring (bicyclic) bond motifs is 1. The highest BCUT2D eigenvalue weighted by molar-refractivity contribution is 7.98. The van der Waals surface area contributed by atoms with Gasteiger partial charge in [0.15, 0.2) is 10.9 Å². The summed E-state index contributed by atoms with van der Waals surface area (Å²) in [4.78, 5) is 33.3. The van der Waals surface area contributed by atoms with Crippen LogP contribution in [0.3, 0.4) is 0 Å². The van der Waals surface area contributed by atoms with Gasteiger partial charge in [-0.1, -0.05) is 30.0 Å². The van der Waals surface area contributed by atoms with Crippen LogP contribution in [0.1, 0.15) is 41.1 Å². The molecule has 5 rings (SSSR count). The third-order valence-electron chi connectivity index (χ3n) is 5.68. The van der Waals surface area contributed by atoms with E-state index < -0.39 is 0 Å². The molecule has 0 atom stereocenters. The number of piperidine rings is 1. The molecule has 32 heavy (non-hydrogen) atoms. The molecule has 6 nitrogen and oxygen atoms in total. The summed E-state index contributed by atoms with van der Waals surface area (Å²) in [6, 6.07) is 13.2. The number of furan rings is 1. The summed E-state index contributed by atoms with van der Waals surface area (Å²) < 4.78 is 7.55. The Kier molecular flexibility index (Phi) is 5.89. The lowest BCUT2D eigenvalue weighted by Crippen LogP contribution is -2.35. The fourth-order valence-electron chi connectivity index (χ4n) is 3.98. The molecule has 1 aromatic carbocycles. The first-order valence-corrected chi connectivity index (χ1v) is 12.6. The standard InChI is InChI=1S/C24H23N3O3S2/c1-16-7-3-4-8-19(16)27-22(28)18-11-14-31-21(18)25-24(27)32-15-17-9-10-20(30-17)23(29)26-12-5-2-6-13-26/h3-4,7-11,14H,2,5-6,12-13,15H2,1H3. The number of likely N-dealkylation sites (tertiary alicyclic amines) is 1. The van der Waals surface area contributed by atoms with Gasteiger partial charge in [-0.15, -0.1) is 11.3 Å². The van der Waals surface area contributed by atoms with Crippen LogP contribution in [0.25, 0.3) is 15.9 Å². The van der Waals surface area contributed by atoms with E-state index in [2.05, 4.69) is 0 Å². The van der Waals surface area contributed by atoms with Crippen LogP contribution in [-0.4, -0.2) is 33.4 Å². The zero-order valence-corrected chi connectivity index (χ0v) is 19.4. The molecule has 8 heteroatoms. The van der Waals surface area contributed by atoms with E-state index in [1.54, 1.807) is 10.6 Å². The minimum Gasteiger partial charge on any atom is -0.455 e. The summed E-state index contributed by atoms with van der Waals surface area (Å²) in [7, 11) is 0. The van der Waals surface area contributed by atoms with Crippen LogP contribution in [0, 0.1) is 6.92 Å². The third-order valence-corrected chi connectivity index (χ3v) is 7.45. The van der Waals surface area contributed by atoms with Gasteiger partial charge in [0.05, 0.1) is 16.8 Å². The van der Waals surface area contributed by atoms with Crippen molar-refractivity contribution < 1.29 is 9.21 Å². The number of hydrogen-bond donors (Lipinski definition) is 0. The van der Waals surface area contributed by atoms with E-state index in [9.17, 15) is 9.59 Å². The fourth-order valence-corrected chi connectivity index (χ4v) is 5.68. The molecular formula is C24H23N3O3S2. The largest absolute Gasteiger partial charge is 0.455 e. The maximum Gasteiger partial charge on any atom is 0.289 e. The van der Waals surface area contributed by atoms with Crippen molar-refractivity contribution >= 4 is 39.2 Å². The van der Waals surface area contributed by atoms with Crippen molar-refractivity contribution in [2.45, 2.75) is 37.1 Å². The summed E-state index contributed by atoms with van der Waals surface area (Å²) in [6.07, 6.45) is 3.26. The van der Waals surface area contributed by atoms with Crippen molar-refractivity contribution in [3.8, 4) is 5.69 Å². The van der Waals surface area contributed by atoms with Crippen LogP contribution in [0.2, 0.25) is 0 Å². The molecule has 0 aliphatic carbocycles. The van der Waals surface area contributed by atoms with Crippen LogP contribution in [-0.2, 0) is 5.75 Å². The first kappa shape index (κ1) is 21.0. The molecule has 4 heterocycles. The van der Waals surface area contributed by atoms with Gasteiger partial charge < -0.3 is 9.32 Å². The Bertz CT molecular complexity index is 1330. The molecule has 3 aromatic heterocycles. The first-order chi connectivity index (χ1) is 15.6. The second kappa shape index (κ2) is 8.96. The van der Waals surface area contributed by atoms with Crippen LogP contribution in [0.4, 0.5) is 0 Å². The lowest BCUT2D eigenvalue weighted by Gasteiger charge is -2.25. The molecule has 0 radical (unpaired) electrons. The fraction of sp³-hybridized carbons (Fsp3) is 0.292. The zero-order chi connectivity index (χ0) is 22.1. The van der Waals surface area contributed by atoms with Gasteiger partial charge in [0.25, 0.3) is 11.5 Å². The van der Waals surface area contributed by atoms with E-state index in [0.29, 0.717) is 27.8 Å². The Labute approximate surface area is 193 Å². The lowest BCUT2D eigenvalue weighted by molar-refractivity contribution is 0.0690. The number of amides is 1. The van der Waals surface area contributed by atoms with Crippen LogP contribution in [0.5, 0.6) is 0 Å². The van der Waals surface area contributed by atoms with Gasteiger partial charge >= 0.3 is 0 Å². The van der Waals surface area contributed by atoms with Gasteiger partial charge in [-0.3, -0.25) is 14.2 Å². The number of carbonyl (C=O) groups excluding carboxylic acids is 1. The van der Waals surface area contributed by atoms with Gasteiger partial charge in [-0.2, -0.15) is 0 Å². The van der Waals surface area contributed by atoms with Crippen molar-refractivity contribution in [1.29, 1.82) is 0 Å². The zero-order valence-electron chi connectivity index (χ0n) is 17.7. The molecule has 164 valence electrons. The number of para-hydroxylation sites is 1. The Hall–Kier alpha value is -2.84. The van der Waals surface area contributed by atoms with E-state index in [4.69, 9.17) is 9.40 Å². The van der Waals surface area contributed by atoms with Crippen molar-refractivity contribution in [3.05, 3.63) is 75.3 Å². The summed E-state index contributed by atoms with van der Waals surface area (Å²) in [5, 5.41) is 3.12. The molecule has 1 aliphatic heterocycles. The lowest BCUT2D eigenvalue weighted by atomic mass is 10.1. The summed E-state index contributed by atoms with van der Waals surface area (Å²) in [5.41, 5.74) is 1.75. The number of thiophene rings is 1. The maximum absolute atomic E-state index is 13.3. The smallest absolute Gasteiger partial charge is 0.289 e. The van der Waals surface area contributed by atoms with E-state index >= 15 is 0 Å². The molecule has 0 unspecified atom stereocenters. The molecule has 4 aromatic rings. The second-order valence-electron chi connectivity index (χ2n) is 7.87. The first-order valence-electron chi connectivity index (χ1n) is 10.7. The third kappa shape index (κ3) is 4.00. The average molecular weight is 466 g/mol. The maximum atomic E-state index is 13.3. The average Bonchev–Trinajstić information content (AvgIpc) is 3.48. The van der Waals surface area contributed by atoms with Crippen molar-refractivity contribution in [3.63, 3.8) is 0 Å². The highest BCUT2D eigenvalue weighted by Crippen LogP contribution is 2.28. The van der Waals surface area contributed by atoms with E-state index in [-0.39, 0.29) is 11.5 Å². The van der Waals surface area contributed by atoms with Crippen LogP contribution in [0.15, 0.2) is 62.2 Å². The number of rotatable bonds is 5. The molecule has 0 N–H and O–H groups in total. The highest BCUT2D eigenvalue weighted by atomic mass is 32.2. The number of carbonyl (C=O) groups is 1. The van der Waals surface area contributed by atoms with Crippen LogP contribution >= 0.6 is 23.1 Å². The molecule has 1 aliphatic rings. The van der Waals surface area contributed by atoms with Crippen LogP contribution < -0.4 is 5.56 Å². The van der Waals surface area contributed by atoms with E-state index in [1.165, 1.54) is 29.5 Å². The number of nitrogens with zero attached hydrogens (tertiary/aromatic N) is 3. The number of thioether (sulfide) groups is 1. The van der Waals surface area contributed by atoms with Crippen molar-refractivity contribution in [1.82, 2.24) is 14.5 Å². The second-order valence-corrected chi connectivity index (χ2v) is 9.71. The van der Waals surface area contributed by atoms with Gasteiger partial charge in [0.2, 0.25) is 0 Å². The minimum absolute atomic E-state index is 0.0455. The number of hydrogen-bond acceptors (Lipinski definition) is 6. The predicted octanol–water partition coefficient (Wildman–Crippen LogP) is 5.27. The summed E-state index contributed by atoms with van der Waals surface area (Å²) in [6.45, 7) is 3.56. The van der Waals surface area contributed by atoms with E-state index in [1.807, 2.05) is 53.6 Å². The minimum atomic E-state index is -0.0755. The van der Waals surface area contributed by atoms with Crippen molar-refractivity contribution in [2.24, 2.45) is 0 Å². The molecular weight excluding hydrogens is 442 g/mol. The number of aryl methyl sites for hydroxylation is 1. The van der Waals surface area contributed by atoms with Gasteiger partial charge in [-0.05, 0) is 61.4 Å². The van der Waals surface area contributed by atoms with Crippen molar-refractivity contribution in [2.75, 3.05) is 13.1 Å². The highest BCUT2D eigenvalue weighted by Gasteiger charge is 2.22. The van der Waals surface area contributed by atoms with Gasteiger partial charge in [0.1, 0.15) is 10.6 Å². The molecule has 1 amide bonds. The molecule has 0 spiro atoms. The Balaban J connectivity index is 1.43. The molecule has 0 bridgehead atoms. The van der Waals surface area contributed by atoms with E-state index in [0.717, 1.165) is 42.0 Å². The number of benzene rings is 1. The summed E-state index contributed by atoms with van der Waals surface area (Å²) >= 11 is 2.89. The predicted molar refractivity (Wildman–Crippen MR) is 128 cm³/mol. The molecule has 0 saturated carbocycles. The topological polar surface area (TPSA) is 68.3 Å². The van der Waals surface area contributed by atoms with Gasteiger partial charge in [0, 0.05) is 13.1 Å². The monoisotopic (exact) mass is 465 g/mol. The number of aromatic nitrogens is 2. The summed E-state index contributed by atoms with van der Waals surface area (Å²) in [5.74, 6) is 1.49. The Morgan fingerprint density at radius 3 is 2.75 bits per heavy atom. The normalized spacial score (nSPS) is 14.2. The molecule has 1 fully saturated rings. The Morgan fingerprint density at radius 1 is 1.12 bits per heavy atom. The quantitative estimate of drug-likeness (QED) is 0.297. The van der Waals surface area contributed by atoms with Gasteiger partial charge in [-0.25, -0.2) is 4.98 Å². The Morgan fingerprint density at radius 2 is 1.94 bits per heavy atom. The molecule has 1 saturated heterocycles. The SMILES string of the molecule is Cc1ccccc1-n1c(SCc2ccc(C(=O)N3CCCCC3)o2)nc2sccc2c1=O.